The Morgan fingerprint density at radius 1 is 1.04 bits per heavy atom. The van der Waals surface area contributed by atoms with Crippen molar-refractivity contribution in [3.05, 3.63) is 84.5 Å². The molecule has 3 amide bonds. The lowest BCUT2D eigenvalue weighted by molar-refractivity contribution is -0.161. The summed E-state index contributed by atoms with van der Waals surface area (Å²) in [5.41, 5.74) is 0.593. The fourth-order valence-corrected chi connectivity index (χ4v) is 7.51. The number of hydrogen-bond acceptors (Lipinski definition) is 9. The molecule has 7 atom stereocenters. The van der Waals surface area contributed by atoms with E-state index in [-0.39, 0.29) is 38.7 Å². The highest BCUT2D eigenvalue weighted by Crippen LogP contribution is 2.54. The Balaban J connectivity index is 1.29. The first-order chi connectivity index (χ1) is 23.4. The van der Waals surface area contributed by atoms with Gasteiger partial charge in [-0.15, -0.1) is 5.10 Å². The lowest BCUT2D eigenvalue weighted by atomic mass is 9.78. The van der Waals surface area contributed by atoms with Gasteiger partial charge in [0.2, 0.25) is 11.8 Å². The fraction of sp³-hybridized carbons (Fsp3) is 0.429. The van der Waals surface area contributed by atoms with Gasteiger partial charge in [-0.3, -0.25) is 19.2 Å². The van der Waals surface area contributed by atoms with E-state index in [1.54, 1.807) is 33.9 Å². The van der Waals surface area contributed by atoms with E-state index in [0.29, 0.717) is 23.9 Å². The van der Waals surface area contributed by atoms with Crippen LogP contribution in [0.2, 0.25) is 0 Å². The molecule has 5 heterocycles. The molecule has 7 rings (SSSR count). The maximum absolute atomic E-state index is 14.7. The Bertz CT molecular complexity index is 1770. The first-order valence-electron chi connectivity index (χ1n) is 16.4. The van der Waals surface area contributed by atoms with Gasteiger partial charge in [-0.25, -0.2) is 4.68 Å². The molecule has 2 N–H and O–H groups in total. The number of cyclic esters (lactones) is 1. The zero-order valence-corrected chi connectivity index (χ0v) is 26.6. The number of aliphatic hydroxyl groups is 1. The number of carbonyl (C=O) groups excluding carboxylic acids is 4. The van der Waals surface area contributed by atoms with Crippen molar-refractivity contribution in [2.24, 2.45) is 11.8 Å². The van der Waals surface area contributed by atoms with Gasteiger partial charge >= 0.3 is 5.97 Å². The maximum atomic E-state index is 14.7. The molecule has 2 aromatic carbocycles. The number of para-hydroxylation sites is 1. The van der Waals surface area contributed by atoms with Crippen molar-refractivity contribution in [1.82, 2.24) is 30.1 Å². The lowest BCUT2D eigenvalue weighted by Crippen LogP contribution is -2.58. The van der Waals surface area contributed by atoms with Gasteiger partial charge in [0.25, 0.3) is 5.91 Å². The van der Waals surface area contributed by atoms with Crippen LogP contribution in [-0.4, -0.2) is 97.1 Å². The van der Waals surface area contributed by atoms with Gasteiger partial charge in [0, 0.05) is 13.0 Å². The second-order valence-corrected chi connectivity index (χ2v) is 12.6. The highest BCUT2D eigenvalue weighted by atomic mass is 16.6. The lowest BCUT2D eigenvalue weighted by Gasteiger charge is -2.38. The van der Waals surface area contributed by atoms with E-state index >= 15 is 0 Å². The minimum absolute atomic E-state index is 0.0573. The molecule has 0 radical (unpaired) electrons. The van der Waals surface area contributed by atoms with Gasteiger partial charge < -0.3 is 29.7 Å². The number of amides is 3. The third-order valence-corrected chi connectivity index (χ3v) is 9.87. The topological polar surface area (TPSA) is 156 Å². The quantitative estimate of drug-likeness (QED) is 0.299. The van der Waals surface area contributed by atoms with Gasteiger partial charge in [-0.2, -0.15) is 0 Å². The van der Waals surface area contributed by atoms with E-state index in [1.807, 2.05) is 61.5 Å². The average Bonchev–Trinajstić information content (AvgIpc) is 3.70. The van der Waals surface area contributed by atoms with Crippen molar-refractivity contribution < 1.29 is 33.8 Å². The molecule has 1 spiro atoms. The average molecular weight is 655 g/mol. The van der Waals surface area contributed by atoms with Crippen LogP contribution < -0.4 is 5.32 Å². The molecule has 250 valence electrons. The van der Waals surface area contributed by atoms with Crippen molar-refractivity contribution in [2.45, 2.75) is 62.7 Å². The van der Waals surface area contributed by atoms with Crippen LogP contribution in [0.5, 0.6) is 0 Å². The predicted octanol–water partition coefficient (Wildman–Crippen LogP) is 1.89. The molecule has 2 fully saturated rings. The number of rotatable bonds is 6. The predicted molar refractivity (Wildman–Crippen MR) is 171 cm³/mol. The summed E-state index contributed by atoms with van der Waals surface area (Å²) in [5.74, 6) is -3.91. The Labute approximate surface area is 277 Å². The number of esters is 1. The van der Waals surface area contributed by atoms with Crippen LogP contribution in [0.1, 0.15) is 37.9 Å². The first-order valence-corrected chi connectivity index (χ1v) is 16.4. The Morgan fingerprint density at radius 2 is 1.83 bits per heavy atom. The second kappa shape index (κ2) is 13.0. The largest absolute Gasteiger partial charge is 0.455 e. The monoisotopic (exact) mass is 654 g/mol. The van der Waals surface area contributed by atoms with Crippen LogP contribution in [0, 0.1) is 11.8 Å². The minimum Gasteiger partial charge on any atom is -0.455 e. The summed E-state index contributed by atoms with van der Waals surface area (Å²) >= 11 is 0. The van der Waals surface area contributed by atoms with E-state index in [9.17, 15) is 24.3 Å². The summed E-state index contributed by atoms with van der Waals surface area (Å²) < 4.78 is 14.5. The molecule has 0 aliphatic carbocycles. The smallest absolute Gasteiger partial charge is 0.313 e. The van der Waals surface area contributed by atoms with E-state index in [1.165, 1.54) is 4.90 Å². The number of ether oxygens (including phenoxy) is 2. The van der Waals surface area contributed by atoms with Crippen LogP contribution in [-0.2, 0) is 35.3 Å². The number of aliphatic hydroxyl groups excluding tert-OH is 1. The fourth-order valence-electron chi connectivity index (χ4n) is 7.51. The molecular formula is C35H38N6O7. The SMILES string of the molecule is CC[C@@H](CO)N1C(=O)[C@@H]2[C@H]3C(=O)O[C@H](c4ccccc4)CNC(=O)CC/C=C\[C@H]3O[C@@]23C=CCN(Cn2nnc4ccccc42)C(=O)[C@@H]13. The van der Waals surface area contributed by atoms with Crippen LogP contribution in [0.25, 0.3) is 11.0 Å². The zero-order chi connectivity index (χ0) is 33.4. The number of nitrogens with one attached hydrogen (secondary N) is 1. The van der Waals surface area contributed by atoms with Crippen LogP contribution in [0.4, 0.5) is 0 Å². The zero-order valence-electron chi connectivity index (χ0n) is 26.6. The van der Waals surface area contributed by atoms with Crippen LogP contribution in [0.3, 0.4) is 0 Å². The van der Waals surface area contributed by atoms with Crippen molar-refractivity contribution in [1.29, 1.82) is 0 Å². The van der Waals surface area contributed by atoms with Gasteiger partial charge in [0.1, 0.15) is 35.9 Å². The molecule has 0 bridgehead atoms. The normalized spacial score (nSPS) is 30.4. The highest BCUT2D eigenvalue weighted by molar-refractivity contribution is 5.99. The standard InChI is InChI=1S/C35H38N6O7/c1-2-23(20-42)41-31-33(45)39(21-40-25-14-7-6-13-24(25)37-38-40)18-10-17-35(31)30(32(41)44)29-26(48-35)15-8-9-16-28(43)36-19-27(47-34(29)46)22-11-4-3-5-12-22/h3-8,10-15,17,23,26-27,29-31,42H,2,9,16,18-21H2,1H3,(H,36,43)/b15-8-/t23-,26+,27-,29-,30-,31+,35-/m0/s1. The molecule has 13 heteroatoms. The van der Waals surface area contributed by atoms with Crippen molar-refractivity contribution >= 4 is 34.7 Å². The van der Waals surface area contributed by atoms with Gasteiger partial charge in [0.15, 0.2) is 0 Å². The number of carbonyl (C=O) groups is 4. The molecule has 1 aromatic heterocycles. The Morgan fingerprint density at radius 3 is 2.62 bits per heavy atom. The molecule has 4 aliphatic heterocycles. The van der Waals surface area contributed by atoms with Crippen molar-refractivity contribution in [3.63, 3.8) is 0 Å². The number of benzene rings is 2. The van der Waals surface area contributed by atoms with E-state index < -0.39 is 59.5 Å². The Hall–Kier alpha value is -4.88. The van der Waals surface area contributed by atoms with Crippen molar-refractivity contribution in [2.75, 3.05) is 19.7 Å². The summed E-state index contributed by atoms with van der Waals surface area (Å²) in [6, 6.07) is 14.7. The molecule has 2 saturated heterocycles. The number of nitrogens with zero attached hydrogens (tertiary/aromatic N) is 5. The highest BCUT2D eigenvalue weighted by Gasteiger charge is 2.72. The third-order valence-electron chi connectivity index (χ3n) is 9.87. The molecular weight excluding hydrogens is 616 g/mol. The summed E-state index contributed by atoms with van der Waals surface area (Å²) in [5, 5.41) is 21.8. The van der Waals surface area contributed by atoms with Gasteiger partial charge in [-0.05, 0) is 30.5 Å². The van der Waals surface area contributed by atoms with Crippen molar-refractivity contribution in [3.8, 4) is 0 Å². The van der Waals surface area contributed by atoms with Gasteiger partial charge in [0.05, 0.1) is 36.7 Å². The summed E-state index contributed by atoms with van der Waals surface area (Å²) in [4.78, 5) is 59.2. The minimum atomic E-state index is -1.52. The summed E-state index contributed by atoms with van der Waals surface area (Å²) in [6.45, 7) is 1.77. The molecule has 48 heavy (non-hydrogen) atoms. The molecule has 0 saturated carbocycles. The van der Waals surface area contributed by atoms with E-state index in [0.717, 1.165) is 5.52 Å². The molecule has 4 aliphatic rings. The molecule has 3 aromatic rings. The Kier molecular flexibility index (Phi) is 8.56. The summed E-state index contributed by atoms with van der Waals surface area (Å²) in [6.07, 6.45) is 6.26. The van der Waals surface area contributed by atoms with Crippen LogP contribution >= 0.6 is 0 Å². The number of likely N-dealkylation sites (tertiary alicyclic amines) is 1. The molecule has 13 nitrogen and oxygen atoms in total. The van der Waals surface area contributed by atoms with Gasteiger partial charge in [-0.1, -0.05) is 78.9 Å². The number of aromatic nitrogens is 3. The van der Waals surface area contributed by atoms with E-state index in [4.69, 9.17) is 9.47 Å². The molecule has 0 unspecified atom stereocenters. The second-order valence-electron chi connectivity index (χ2n) is 12.6. The van der Waals surface area contributed by atoms with Crippen LogP contribution in [0.15, 0.2) is 78.9 Å². The maximum Gasteiger partial charge on any atom is 0.313 e. The summed E-state index contributed by atoms with van der Waals surface area (Å²) in [7, 11) is 0. The first kappa shape index (κ1) is 31.7. The third kappa shape index (κ3) is 5.36. The number of allylic oxidation sites excluding steroid dienone is 1. The number of hydrogen-bond donors (Lipinski definition) is 2. The van der Waals surface area contributed by atoms with E-state index in [2.05, 4.69) is 15.6 Å². The number of fused-ring (bicyclic) bond motifs is 3.